The van der Waals surface area contributed by atoms with E-state index in [-0.39, 0.29) is 15.9 Å². The van der Waals surface area contributed by atoms with E-state index >= 15 is 0 Å². The maximum absolute atomic E-state index is 2.69. The molecule has 310 valence electrons. The van der Waals surface area contributed by atoms with Gasteiger partial charge in [-0.15, -0.1) is 0 Å². The van der Waals surface area contributed by atoms with E-state index in [1.54, 1.807) is 10.5 Å². The molecule has 1 saturated heterocycles. The minimum atomic E-state index is -1.55. The summed E-state index contributed by atoms with van der Waals surface area (Å²) in [6, 6.07) is 57.4. The average Bonchev–Trinajstić information content (AvgIpc) is 3.71. The van der Waals surface area contributed by atoms with Crippen LogP contribution in [0.5, 0.6) is 0 Å². The van der Waals surface area contributed by atoms with Crippen LogP contribution in [0.4, 0.5) is 28.4 Å². The number of rotatable bonds is 7. The maximum atomic E-state index is 2.69. The first-order valence-electron chi connectivity index (χ1n) is 21.9. The minimum Gasteiger partial charge on any atom is -0.310 e. The van der Waals surface area contributed by atoms with Crippen molar-refractivity contribution < 1.29 is 0 Å². The zero-order valence-corrected chi connectivity index (χ0v) is 39.1. The van der Waals surface area contributed by atoms with E-state index in [2.05, 4.69) is 233 Å². The third kappa shape index (κ3) is 5.32. The molecule has 0 spiro atoms. The molecule has 7 aromatic carbocycles. The molecule has 0 radical (unpaired) electrons. The van der Waals surface area contributed by atoms with E-state index in [1.807, 2.05) is 0 Å². The van der Waals surface area contributed by atoms with Crippen LogP contribution in [0.3, 0.4) is 0 Å². The van der Waals surface area contributed by atoms with Gasteiger partial charge in [0.15, 0.2) is 0 Å². The average molecular weight is 845 g/mol. The van der Waals surface area contributed by atoms with Gasteiger partial charge in [-0.1, -0.05) is 115 Å². The van der Waals surface area contributed by atoms with Crippen molar-refractivity contribution in [2.75, 3.05) is 41.1 Å². The molecule has 0 amide bonds. The van der Waals surface area contributed by atoms with Gasteiger partial charge in [0.2, 0.25) is 0 Å². The van der Waals surface area contributed by atoms with E-state index in [4.69, 9.17) is 0 Å². The number of benzene rings is 7. The largest absolute Gasteiger partial charge is 0.310 e. The summed E-state index contributed by atoms with van der Waals surface area (Å²) in [4.78, 5) is 6.76. The first kappa shape index (κ1) is 39.2. The molecular formula is C58H56N2S2. The van der Waals surface area contributed by atoms with Gasteiger partial charge in [0.25, 0.3) is 0 Å². The number of aryl methyl sites for hydroxylation is 4. The lowest BCUT2D eigenvalue weighted by atomic mass is 9.69. The van der Waals surface area contributed by atoms with Crippen molar-refractivity contribution in [3.05, 3.63) is 224 Å². The second kappa shape index (κ2) is 13.9. The topological polar surface area (TPSA) is 6.48 Å². The Labute approximate surface area is 372 Å². The molecule has 0 saturated carbocycles. The van der Waals surface area contributed by atoms with Crippen molar-refractivity contribution in [3.63, 3.8) is 0 Å². The monoisotopic (exact) mass is 844 g/mol. The summed E-state index contributed by atoms with van der Waals surface area (Å²) >= 11 is 0. The fourth-order valence-electron chi connectivity index (χ4n) is 12.0. The van der Waals surface area contributed by atoms with Crippen molar-refractivity contribution in [1.29, 1.82) is 0 Å². The second-order valence-corrected chi connectivity index (χ2v) is 27.4. The fraction of sp³-hybridized carbons (Fsp3) is 0.207. The standard InChI is InChI=1S/C58H56N2S2/c1-37-28-30-39(3)50(32-37)59(41-20-12-10-13-21-41)43-34-48-44-24-16-18-26-46(44)56-54-47-27-19-17-25-45(47)52(60(42-22-14-11-15-23-42)51-33-38(2)29-31-40(51)4)36-49(54)58(61(5,6)7)57(56)55(48)53(35-43)62(58,8)9/h10-36,48,55H,1-9H3. The van der Waals surface area contributed by atoms with Crippen LogP contribution in [-0.2, 0) is 4.08 Å². The van der Waals surface area contributed by atoms with Crippen LogP contribution in [0.25, 0.3) is 16.3 Å². The van der Waals surface area contributed by atoms with Crippen LogP contribution < -0.4 is 9.80 Å². The number of anilines is 5. The Hall–Kier alpha value is -5.68. The summed E-state index contributed by atoms with van der Waals surface area (Å²) in [5.74, 6) is 0.498. The summed E-state index contributed by atoms with van der Waals surface area (Å²) < 4.78 is -0.157. The molecule has 62 heavy (non-hydrogen) atoms. The second-order valence-electron chi connectivity index (χ2n) is 19.1. The Morgan fingerprint density at radius 2 is 1.11 bits per heavy atom. The first-order valence-corrected chi connectivity index (χ1v) is 27.2. The van der Waals surface area contributed by atoms with Crippen LogP contribution >= 0.6 is 20.1 Å². The normalized spacial score (nSPS) is 21.1. The molecule has 0 aromatic heterocycles. The van der Waals surface area contributed by atoms with Gasteiger partial charge in [0.1, 0.15) is 0 Å². The Kier molecular flexibility index (Phi) is 8.79. The number of fused-ring (bicyclic) bond motifs is 8. The molecule has 4 aliphatic rings. The summed E-state index contributed by atoms with van der Waals surface area (Å²) in [5.41, 5.74) is 21.5. The van der Waals surface area contributed by atoms with Crippen molar-refractivity contribution in [2.24, 2.45) is 5.92 Å². The number of nitrogens with zero attached hydrogens (tertiary/aromatic N) is 2. The Morgan fingerprint density at radius 1 is 0.565 bits per heavy atom. The van der Waals surface area contributed by atoms with Gasteiger partial charge in [-0.05, 0) is 173 Å². The molecule has 4 heteroatoms. The van der Waals surface area contributed by atoms with Crippen molar-refractivity contribution in [1.82, 2.24) is 0 Å². The van der Waals surface area contributed by atoms with Gasteiger partial charge in [-0.25, -0.2) is 20.1 Å². The van der Waals surface area contributed by atoms with Gasteiger partial charge in [-0.3, -0.25) is 0 Å². The number of hydrogen-bond acceptors (Lipinski definition) is 2. The van der Waals surface area contributed by atoms with Crippen LogP contribution in [-0.4, -0.2) is 31.3 Å². The minimum absolute atomic E-state index is 0.157. The zero-order valence-electron chi connectivity index (χ0n) is 37.5. The molecule has 3 atom stereocenters. The highest BCUT2D eigenvalue weighted by Crippen LogP contribution is 2.91. The van der Waals surface area contributed by atoms with E-state index < -0.39 is 20.1 Å². The van der Waals surface area contributed by atoms with Gasteiger partial charge in [0, 0.05) is 45.7 Å². The lowest BCUT2D eigenvalue weighted by Crippen LogP contribution is -2.34. The molecule has 1 aliphatic heterocycles. The van der Waals surface area contributed by atoms with E-state index in [0.29, 0.717) is 0 Å². The summed E-state index contributed by atoms with van der Waals surface area (Å²) in [6.07, 6.45) is 18.6. The molecule has 1 fully saturated rings. The molecule has 7 aromatic rings. The molecule has 1 heterocycles. The summed E-state index contributed by atoms with van der Waals surface area (Å²) in [5, 5.41) is 2.65. The molecule has 11 rings (SSSR count). The summed E-state index contributed by atoms with van der Waals surface area (Å²) in [6.45, 7) is 8.97. The van der Waals surface area contributed by atoms with Gasteiger partial charge in [0.05, 0.1) is 9.77 Å². The van der Waals surface area contributed by atoms with Crippen molar-refractivity contribution in [2.45, 2.75) is 37.7 Å². The highest BCUT2D eigenvalue weighted by Gasteiger charge is 2.68. The van der Waals surface area contributed by atoms with Gasteiger partial charge < -0.3 is 9.80 Å². The number of para-hydroxylation sites is 2. The van der Waals surface area contributed by atoms with Crippen LogP contribution in [0.15, 0.2) is 180 Å². The summed E-state index contributed by atoms with van der Waals surface area (Å²) in [7, 11) is -2.88. The first-order chi connectivity index (χ1) is 29.8. The molecule has 2 nitrogen and oxygen atoms in total. The van der Waals surface area contributed by atoms with E-state index in [9.17, 15) is 0 Å². The Bertz CT molecular complexity index is 3090. The molecule has 3 aliphatic carbocycles. The van der Waals surface area contributed by atoms with Gasteiger partial charge >= 0.3 is 0 Å². The Morgan fingerprint density at radius 3 is 1.74 bits per heavy atom. The maximum Gasteiger partial charge on any atom is 0.0818 e. The lowest BCUT2D eigenvalue weighted by Gasteiger charge is -2.57. The van der Waals surface area contributed by atoms with Gasteiger partial charge in [-0.2, -0.15) is 0 Å². The fourth-order valence-corrected chi connectivity index (χ4v) is 22.2. The van der Waals surface area contributed by atoms with Crippen LogP contribution in [0, 0.1) is 33.6 Å². The smallest absolute Gasteiger partial charge is 0.0818 e. The predicted octanol–water partition coefficient (Wildman–Crippen LogP) is 15.6. The molecule has 3 unspecified atom stereocenters. The zero-order chi connectivity index (χ0) is 42.9. The highest BCUT2D eigenvalue weighted by atomic mass is 32.3. The third-order valence-corrected chi connectivity index (χ3v) is 22.7. The quantitative estimate of drug-likeness (QED) is 0.158. The van der Waals surface area contributed by atoms with Crippen LogP contribution in [0.1, 0.15) is 50.4 Å². The predicted molar refractivity (Wildman–Crippen MR) is 274 cm³/mol. The number of allylic oxidation sites excluding steroid dienone is 3. The SMILES string of the molecule is Cc1ccc(C)c(N(C2=CC3c4ccccc4C4=C5C3C(=C2)S(C)(C)C5(S(C)(C)C)c2cc(N(c3ccccc3)c3cc(C)ccc3C)c3ccccc3c24)c2ccccc2)c1. The van der Waals surface area contributed by atoms with Crippen molar-refractivity contribution >= 4 is 64.8 Å². The molecule has 0 N–H and O–H groups in total. The van der Waals surface area contributed by atoms with E-state index in [1.165, 1.54) is 95.0 Å². The molecular weight excluding hydrogens is 789 g/mol. The van der Waals surface area contributed by atoms with E-state index in [0.717, 1.165) is 0 Å². The lowest BCUT2D eigenvalue weighted by molar-refractivity contribution is 0.631. The third-order valence-electron chi connectivity index (χ3n) is 14.4. The molecule has 0 bridgehead atoms. The highest BCUT2D eigenvalue weighted by molar-refractivity contribution is 8.50. The van der Waals surface area contributed by atoms with Crippen molar-refractivity contribution in [3.8, 4) is 0 Å². The Balaban J connectivity index is 1.25. The number of hydrogen-bond donors (Lipinski definition) is 0. The van der Waals surface area contributed by atoms with Crippen LogP contribution in [0.2, 0.25) is 0 Å².